The lowest BCUT2D eigenvalue weighted by Gasteiger charge is -2.17. The number of hydrogen-bond donors (Lipinski definition) is 2. The third-order valence-corrected chi connectivity index (χ3v) is 7.73. The van der Waals surface area contributed by atoms with Gasteiger partial charge in [0.2, 0.25) is 0 Å². The fourth-order valence-electron chi connectivity index (χ4n) is 4.08. The van der Waals surface area contributed by atoms with Crippen molar-refractivity contribution in [1.29, 1.82) is 0 Å². The van der Waals surface area contributed by atoms with E-state index < -0.39 is 23.8 Å². The Morgan fingerprint density at radius 2 is 1.88 bits per heavy atom. The Kier molecular flexibility index (Phi) is 12.7. The van der Waals surface area contributed by atoms with Crippen molar-refractivity contribution in [2.75, 3.05) is 25.6 Å². The molecular formula is C30H33Cl2FN2O5S. The van der Waals surface area contributed by atoms with Gasteiger partial charge in [-0.05, 0) is 50.5 Å². The Morgan fingerprint density at radius 3 is 2.54 bits per heavy atom. The number of hydrogen-bond acceptors (Lipinski definition) is 6. The minimum Gasteiger partial charge on any atom is -0.478 e. The van der Waals surface area contributed by atoms with Gasteiger partial charge in [-0.15, -0.1) is 11.3 Å². The smallest absolute Gasteiger partial charge is 0.331 e. The van der Waals surface area contributed by atoms with E-state index in [1.807, 2.05) is 0 Å². The van der Waals surface area contributed by atoms with Gasteiger partial charge < -0.3 is 14.6 Å². The van der Waals surface area contributed by atoms with Gasteiger partial charge in [0.25, 0.3) is 5.91 Å². The number of nitrogens with zero attached hydrogens (tertiary/aromatic N) is 1. The first-order valence-corrected chi connectivity index (χ1v) is 14.9. The number of ether oxygens (including phenoxy) is 2. The summed E-state index contributed by atoms with van der Waals surface area (Å²) in [4.78, 5) is 28.4. The number of thiazole rings is 1. The Balaban J connectivity index is 1.70. The Morgan fingerprint density at radius 1 is 1.17 bits per heavy atom. The molecule has 1 aromatic heterocycles. The maximum Gasteiger partial charge on any atom is 0.331 e. The highest BCUT2D eigenvalue weighted by molar-refractivity contribution is 7.14. The molecule has 0 aliphatic carbocycles. The van der Waals surface area contributed by atoms with Crippen LogP contribution in [0.3, 0.4) is 0 Å². The SMILES string of the molecule is CCCCCOCCCC(OC)c1cccc(-c2csc(NC(=O)c3cc(Cl)c(C=C(C)C(=O)O)c(Cl)c3)n2)c1F. The quantitative estimate of drug-likeness (QED) is 0.130. The molecule has 0 saturated heterocycles. The molecule has 220 valence electrons. The van der Waals surface area contributed by atoms with Crippen LogP contribution in [-0.2, 0) is 14.3 Å². The number of rotatable bonds is 15. The van der Waals surface area contributed by atoms with Gasteiger partial charge in [-0.25, -0.2) is 14.2 Å². The first kappa shape index (κ1) is 32.7. The van der Waals surface area contributed by atoms with E-state index in [-0.39, 0.29) is 26.3 Å². The second-order valence-electron chi connectivity index (χ2n) is 9.37. The number of carbonyl (C=O) groups excluding carboxylic acids is 1. The molecule has 1 heterocycles. The van der Waals surface area contributed by atoms with Crippen LogP contribution in [0, 0.1) is 5.82 Å². The standard InChI is InChI=1S/C30H33Cl2FN2O5S/c1-4-5-6-12-40-13-8-11-26(39-3)21-10-7-9-20(27(21)33)25-17-41-30(34-25)35-28(36)19-15-23(31)22(24(32)16-19)14-18(2)29(37)38/h7,9-10,14-17,26H,4-6,8,11-13H2,1-3H3,(H,37,38)(H,34,35,36). The van der Waals surface area contributed by atoms with Gasteiger partial charge in [0.1, 0.15) is 5.82 Å². The van der Waals surface area contributed by atoms with Crippen molar-refractivity contribution in [1.82, 2.24) is 4.98 Å². The lowest BCUT2D eigenvalue weighted by atomic mass is 10.00. The maximum atomic E-state index is 15.6. The summed E-state index contributed by atoms with van der Waals surface area (Å²) >= 11 is 13.7. The lowest BCUT2D eigenvalue weighted by Crippen LogP contribution is -2.12. The molecule has 1 atom stereocenters. The van der Waals surface area contributed by atoms with Gasteiger partial charge in [0, 0.05) is 53.5 Å². The molecule has 0 radical (unpaired) electrons. The highest BCUT2D eigenvalue weighted by Gasteiger charge is 2.20. The van der Waals surface area contributed by atoms with Crippen LogP contribution in [0.25, 0.3) is 17.3 Å². The van der Waals surface area contributed by atoms with E-state index in [1.165, 1.54) is 25.1 Å². The number of aliphatic carboxylic acids is 1. The van der Waals surface area contributed by atoms with Crippen molar-refractivity contribution in [2.24, 2.45) is 0 Å². The van der Waals surface area contributed by atoms with Crippen LogP contribution in [0.5, 0.6) is 0 Å². The van der Waals surface area contributed by atoms with Gasteiger partial charge in [0.15, 0.2) is 5.13 Å². The molecule has 7 nitrogen and oxygen atoms in total. The largest absolute Gasteiger partial charge is 0.478 e. The zero-order valence-corrected chi connectivity index (χ0v) is 25.5. The third-order valence-electron chi connectivity index (χ3n) is 6.35. The number of carbonyl (C=O) groups is 2. The average molecular weight is 624 g/mol. The topological polar surface area (TPSA) is 97.8 Å². The summed E-state index contributed by atoms with van der Waals surface area (Å²) in [6.45, 7) is 4.88. The number of aromatic nitrogens is 1. The Bertz CT molecular complexity index is 1370. The number of unbranched alkanes of at least 4 members (excludes halogenated alkanes) is 2. The molecule has 3 rings (SSSR count). The number of benzene rings is 2. The van der Waals surface area contributed by atoms with Crippen LogP contribution < -0.4 is 5.32 Å². The number of nitrogens with one attached hydrogen (secondary N) is 1. The molecule has 41 heavy (non-hydrogen) atoms. The second-order valence-corrected chi connectivity index (χ2v) is 11.0. The van der Waals surface area contributed by atoms with Crippen LogP contribution in [0.15, 0.2) is 41.3 Å². The van der Waals surface area contributed by atoms with E-state index in [2.05, 4.69) is 17.2 Å². The normalized spacial score (nSPS) is 12.4. The summed E-state index contributed by atoms with van der Waals surface area (Å²) in [7, 11) is 1.56. The molecule has 0 fully saturated rings. The van der Waals surface area contributed by atoms with Crippen LogP contribution >= 0.6 is 34.5 Å². The molecule has 11 heteroatoms. The molecule has 2 N–H and O–H groups in total. The molecule has 0 aliphatic heterocycles. The monoisotopic (exact) mass is 622 g/mol. The highest BCUT2D eigenvalue weighted by atomic mass is 35.5. The molecule has 1 unspecified atom stereocenters. The van der Waals surface area contributed by atoms with Crippen LogP contribution in [-0.4, -0.2) is 42.3 Å². The molecule has 0 bridgehead atoms. The van der Waals surface area contributed by atoms with E-state index in [0.717, 1.165) is 43.6 Å². The van der Waals surface area contributed by atoms with E-state index in [0.29, 0.717) is 35.4 Å². The van der Waals surface area contributed by atoms with Crippen molar-refractivity contribution in [3.05, 3.63) is 73.8 Å². The minimum absolute atomic E-state index is 0.0428. The predicted octanol–water partition coefficient (Wildman–Crippen LogP) is 8.67. The van der Waals surface area contributed by atoms with Crippen molar-refractivity contribution < 1.29 is 28.6 Å². The van der Waals surface area contributed by atoms with Crippen molar-refractivity contribution in [2.45, 2.75) is 52.1 Å². The summed E-state index contributed by atoms with van der Waals surface area (Å²) in [5, 5.41) is 14.0. The third kappa shape index (κ3) is 9.08. The zero-order valence-electron chi connectivity index (χ0n) is 23.1. The fraction of sp³-hybridized carbons (Fsp3) is 0.367. The van der Waals surface area contributed by atoms with Crippen molar-refractivity contribution in [3.8, 4) is 11.3 Å². The highest BCUT2D eigenvalue weighted by Crippen LogP contribution is 2.34. The molecule has 2 aromatic carbocycles. The van der Waals surface area contributed by atoms with Crippen LogP contribution in [0.4, 0.5) is 9.52 Å². The van der Waals surface area contributed by atoms with Gasteiger partial charge in [-0.3, -0.25) is 10.1 Å². The first-order valence-electron chi connectivity index (χ1n) is 13.2. The van der Waals surface area contributed by atoms with E-state index in [1.54, 1.807) is 30.7 Å². The Labute approximate surface area is 253 Å². The van der Waals surface area contributed by atoms with E-state index in [9.17, 15) is 9.59 Å². The number of anilines is 1. The number of carboxylic acid groups (broad SMARTS) is 1. The Hall–Kier alpha value is -2.82. The minimum atomic E-state index is -1.11. The zero-order chi connectivity index (χ0) is 29.9. The van der Waals surface area contributed by atoms with Crippen LogP contribution in [0.2, 0.25) is 10.0 Å². The molecular weight excluding hydrogens is 590 g/mol. The second kappa shape index (κ2) is 16.0. The van der Waals surface area contributed by atoms with Crippen LogP contribution in [0.1, 0.15) is 73.5 Å². The van der Waals surface area contributed by atoms with Gasteiger partial charge in [-0.1, -0.05) is 55.1 Å². The van der Waals surface area contributed by atoms with E-state index >= 15 is 4.39 Å². The van der Waals surface area contributed by atoms with Crippen molar-refractivity contribution >= 4 is 57.6 Å². The number of amides is 1. The molecule has 0 spiro atoms. The predicted molar refractivity (Wildman–Crippen MR) is 163 cm³/mol. The number of carboxylic acids is 1. The molecule has 0 aliphatic rings. The fourth-order valence-corrected chi connectivity index (χ4v) is 5.38. The molecule has 0 saturated carbocycles. The number of methoxy groups -OCH3 is 1. The van der Waals surface area contributed by atoms with Gasteiger partial charge in [-0.2, -0.15) is 0 Å². The number of halogens is 3. The summed E-state index contributed by atoms with van der Waals surface area (Å²) in [6.07, 6.45) is 5.58. The summed E-state index contributed by atoms with van der Waals surface area (Å²) < 4.78 is 26.9. The molecule has 3 aromatic rings. The summed E-state index contributed by atoms with van der Waals surface area (Å²) in [5.41, 5.74) is 1.61. The summed E-state index contributed by atoms with van der Waals surface area (Å²) in [5.74, 6) is -2.06. The summed E-state index contributed by atoms with van der Waals surface area (Å²) in [6, 6.07) is 7.87. The maximum absolute atomic E-state index is 15.6. The van der Waals surface area contributed by atoms with Gasteiger partial charge >= 0.3 is 5.97 Å². The first-order chi connectivity index (χ1) is 19.7. The molecule has 1 amide bonds. The van der Waals surface area contributed by atoms with Gasteiger partial charge in [0.05, 0.1) is 21.8 Å². The van der Waals surface area contributed by atoms with E-state index in [4.69, 9.17) is 37.8 Å². The lowest BCUT2D eigenvalue weighted by molar-refractivity contribution is -0.132. The van der Waals surface area contributed by atoms with Crippen molar-refractivity contribution in [3.63, 3.8) is 0 Å². The average Bonchev–Trinajstić information content (AvgIpc) is 3.40.